The number of nitrogens with one attached hydrogen (secondary N) is 1. The van der Waals surface area contributed by atoms with Crippen molar-refractivity contribution in [2.75, 3.05) is 19.6 Å². The van der Waals surface area contributed by atoms with Gasteiger partial charge in [0.1, 0.15) is 0 Å². The van der Waals surface area contributed by atoms with Crippen molar-refractivity contribution in [3.05, 3.63) is 23.0 Å². The van der Waals surface area contributed by atoms with E-state index in [4.69, 9.17) is 4.98 Å². The Balaban J connectivity index is 1.57. The molecule has 2 saturated heterocycles. The van der Waals surface area contributed by atoms with E-state index in [1.54, 1.807) is 4.68 Å². The molecule has 4 rings (SSSR count). The zero-order valence-corrected chi connectivity index (χ0v) is 17.7. The van der Waals surface area contributed by atoms with Crippen LogP contribution in [0.5, 0.6) is 0 Å². The van der Waals surface area contributed by atoms with Gasteiger partial charge in [-0.05, 0) is 63.6 Å². The molecule has 2 aliphatic heterocycles. The third-order valence-corrected chi connectivity index (χ3v) is 6.58. The predicted molar refractivity (Wildman–Crippen MR) is 112 cm³/mol. The van der Waals surface area contributed by atoms with Crippen LogP contribution in [0.4, 0.5) is 0 Å². The van der Waals surface area contributed by atoms with Crippen molar-refractivity contribution in [3.8, 4) is 0 Å². The van der Waals surface area contributed by atoms with Crippen LogP contribution in [-0.2, 0) is 7.05 Å². The second kappa shape index (κ2) is 7.82. The van der Waals surface area contributed by atoms with Crippen molar-refractivity contribution in [2.24, 2.45) is 13.0 Å². The minimum absolute atomic E-state index is 0.0123. The zero-order valence-electron chi connectivity index (χ0n) is 17.7. The number of carbonyl (C=O) groups excluding carboxylic acids is 1. The predicted octanol–water partition coefficient (Wildman–Crippen LogP) is 3.39. The van der Waals surface area contributed by atoms with E-state index in [1.165, 1.54) is 45.2 Å². The Morgan fingerprint density at radius 3 is 2.82 bits per heavy atom. The number of fused-ring (bicyclic) bond motifs is 2. The lowest BCUT2D eigenvalue weighted by Crippen LogP contribution is -2.51. The first-order valence-electron chi connectivity index (χ1n) is 10.8. The summed E-state index contributed by atoms with van der Waals surface area (Å²) in [5.74, 6) is 0.841. The van der Waals surface area contributed by atoms with Gasteiger partial charge in [-0.1, -0.05) is 20.3 Å². The monoisotopic (exact) mass is 383 g/mol. The summed E-state index contributed by atoms with van der Waals surface area (Å²) in [6.07, 6.45) is 6.39. The van der Waals surface area contributed by atoms with Gasteiger partial charge in [-0.3, -0.25) is 9.48 Å². The number of piperidine rings is 2. The number of aromatic nitrogens is 3. The number of amides is 1. The molecule has 2 aliphatic rings. The second-order valence-electron chi connectivity index (χ2n) is 8.87. The molecule has 0 aliphatic carbocycles. The molecule has 6 heteroatoms. The van der Waals surface area contributed by atoms with Crippen LogP contribution < -0.4 is 5.32 Å². The fourth-order valence-corrected chi connectivity index (χ4v) is 5.07. The molecule has 4 heterocycles. The van der Waals surface area contributed by atoms with Gasteiger partial charge in [-0.25, -0.2) is 4.98 Å². The molecular formula is C22H33N5O. The first-order chi connectivity index (χ1) is 13.5. The Bertz CT molecular complexity index is 869. The summed E-state index contributed by atoms with van der Waals surface area (Å²) in [4.78, 5) is 20.6. The number of hydrogen-bond acceptors (Lipinski definition) is 4. The molecule has 0 aromatic carbocycles. The van der Waals surface area contributed by atoms with Crippen molar-refractivity contribution >= 4 is 16.9 Å². The van der Waals surface area contributed by atoms with Gasteiger partial charge in [0.2, 0.25) is 0 Å². The molecule has 152 valence electrons. The van der Waals surface area contributed by atoms with Gasteiger partial charge < -0.3 is 10.2 Å². The maximum absolute atomic E-state index is 13.2. The van der Waals surface area contributed by atoms with Crippen LogP contribution in [-0.4, -0.2) is 51.2 Å². The van der Waals surface area contributed by atoms with E-state index in [9.17, 15) is 4.79 Å². The van der Waals surface area contributed by atoms with Crippen molar-refractivity contribution in [1.82, 2.24) is 25.0 Å². The summed E-state index contributed by atoms with van der Waals surface area (Å²) < 4.78 is 1.79. The number of hydrogen-bond donors (Lipinski definition) is 1. The van der Waals surface area contributed by atoms with Crippen molar-refractivity contribution in [2.45, 2.75) is 64.8 Å². The number of aryl methyl sites for hydroxylation is 2. The molecule has 2 aromatic heterocycles. The van der Waals surface area contributed by atoms with E-state index >= 15 is 0 Å². The van der Waals surface area contributed by atoms with Crippen LogP contribution in [0.1, 0.15) is 73.6 Å². The fourth-order valence-electron chi connectivity index (χ4n) is 5.07. The van der Waals surface area contributed by atoms with Gasteiger partial charge in [0, 0.05) is 25.3 Å². The van der Waals surface area contributed by atoms with Gasteiger partial charge in [-0.15, -0.1) is 0 Å². The quantitative estimate of drug-likeness (QED) is 0.879. The second-order valence-corrected chi connectivity index (χ2v) is 8.87. The minimum Gasteiger partial charge on any atom is -0.352 e. The van der Waals surface area contributed by atoms with Crippen LogP contribution in [0.3, 0.4) is 0 Å². The van der Waals surface area contributed by atoms with Crippen LogP contribution in [0.25, 0.3) is 11.0 Å². The lowest BCUT2D eigenvalue weighted by molar-refractivity contribution is 0.0576. The van der Waals surface area contributed by atoms with Gasteiger partial charge >= 0.3 is 0 Å². The average Bonchev–Trinajstić information content (AvgIpc) is 2.99. The Kier molecular flexibility index (Phi) is 5.41. The van der Waals surface area contributed by atoms with Crippen LogP contribution in [0, 0.1) is 12.8 Å². The highest BCUT2D eigenvalue weighted by molar-refractivity contribution is 6.06. The molecule has 0 radical (unpaired) electrons. The van der Waals surface area contributed by atoms with E-state index in [-0.39, 0.29) is 11.8 Å². The largest absolute Gasteiger partial charge is 0.352 e. The van der Waals surface area contributed by atoms with Gasteiger partial charge in [0.05, 0.1) is 16.6 Å². The van der Waals surface area contributed by atoms with Crippen LogP contribution >= 0.6 is 0 Å². The number of carbonyl (C=O) groups is 1. The molecule has 0 bridgehead atoms. The third-order valence-electron chi connectivity index (χ3n) is 6.58. The standard InChI is InChI=1S/C22H33N5O/c1-14(2)18-12-17(20-15(3)25-26(4)21(20)24-18)22(28)23-13-16-8-7-11-27-10-6-5-9-19(16)27/h12,14,16,19H,5-11,13H2,1-4H3,(H,23,28)/t16-,19+/m0/s1. The van der Waals surface area contributed by atoms with E-state index in [1.807, 2.05) is 20.0 Å². The first-order valence-corrected chi connectivity index (χ1v) is 10.8. The molecule has 2 fully saturated rings. The summed E-state index contributed by atoms with van der Waals surface area (Å²) >= 11 is 0. The first kappa shape index (κ1) is 19.4. The van der Waals surface area contributed by atoms with Crippen LogP contribution in [0.15, 0.2) is 6.07 Å². The number of rotatable bonds is 4. The van der Waals surface area contributed by atoms with Crippen molar-refractivity contribution in [1.29, 1.82) is 0 Å². The van der Waals surface area contributed by atoms with Gasteiger partial charge in [-0.2, -0.15) is 5.10 Å². The third kappa shape index (κ3) is 3.54. The molecule has 0 spiro atoms. The normalized spacial score (nSPS) is 23.2. The molecule has 0 saturated carbocycles. The molecule has 2 aromatic rings. The molecule has 28 heavy (non-hydrogen) atoms. The Hall–Kier alpha value is -1.95. The number of pyridine rings is 1. The maximum Gasteiger partial charge on any atom is 0.252 e. The Labute approximate surface area is 167 Å². The summed E-state index contributed by atoms with van der Waals surface area (Å²) in [5.41, 5.74) is 3.32. The molecule has 1 N–H and O–H groups in total. The topological polar surface area (TPSA) is 63.1 Å². The van der Waals surface area contributed by atoms with E-state index in [2.05, 4.69) is 29.2 Å². The lowest BCUT2D eigenvalue weighted by atomic mass is 9.83. The number of nitrogens with zero attached hydrogens (tertiary/aromatic N) is 4. The zero-order chi connectivity index (χ0) is 19.8. The molecule has 1 amide bonds. The van der Waals surface area contributed by atoms with Gasteiger partial charge in [0.25, 0.3) is 5.91 Å². The fraction of sp³-hybridized carbons (Fsp3) is 0.682. The summed E-state index contributed by atoms with van der Waals surface area (Å²) in [5, 5.41) is 8.65. The Morgan fingerprint density at radius 2 is 2.04 bits per heavy atom. The molecule has 6 nitrogen and oxygen atoms in total. The van der Waals surface area contributed by atoms with Crippen molar-refractivity contribution < 1.29 is 4.79 Å². The SMILES string of the molecule is Cc1nn(C)c2nc(C(C)C)cc(C(=O)NC[C@@H]3CCCN4CCCC[C@H]34)c12. The average molecular weight is 384 g/mol. The molecular weight excluding hydrogens is 350 g/mol. The minimum atomic E-state index is 0.0123. The van der Waals surface area contributed by atoms with Crippen LogP contribution in [0.2, 0.25) is 0 Å². The maximum atomic E-state index is 13.2. The van der Waals surface area contributed by atoms with Gasteiger partial charge in [0.15, 0.2) is 5.65 Å². The highest BCUT2D eigenvalue weighted by atomic mass is 16.1. The summed E-state index contributed by atoms with van der Waals surface area (Å²) in [6, 6.07) is 2.61. The smallest absolute Gasteiger partial charge is 0.252 e. The summed E-state index contributed by atoms with van der Waals surface area (Å²) in [7, 11) is 1.90. The Morgan fingerprint density at radius 1 is 1.25 bits per heavy atom. The molecule has 0 unspecified atom stereocenters. The van der Waals surface area contributed by atoms with E-state index < -0.39 is 0 Å². The van der Waals surface area contributed by atoms with E-state index in [0.717, 1.165) is 34.5 Å². The lowest BCUT2D eigenvalue weighted by Gasteiger charge is -2.44. The highest BCUT2D eigenvalue weighted by Crippen LogP contribution is 2.31. The molecule has 2 atom stereocenters. The highest BCUT2D eigenvalue weighted by Gasteiger charge is 2.33. The summed E-state index contributed by atoms with van der Waals surface area (Å²) in [6.45, 7) is 9.40. The van der Waals surface area contributed by atoms with Crippen molar-refractivity contribution in [3.63, 3.8) is 0 Å². The van der Waals surface area contributed by atoms with E-state index in [0.29, 0.717) is 12.0 Å².